The van der Waals surface area contributed by atoms with Gasteiger partial charge in [-0.1, -0.05) is 18.2 Å². The average Bonchev–Trinajstić information content (AvgIpc) is 3.24. The first kappa shape index (κ1) is 17.5. The second-order valence-corrected chi connectivity index (χ2v) is 7.10. The van der Waals surface area contributed by atoms with Gasteiger partial charge in [0.15, 0.2) is 0 Å². The Balaban J connectivity index is 1.30. The van der Waals surface area contributed by atoms with Crippen LogP contribution in [0.1, 0.15) is 16.1 Å². The van der Waals surface area contributed by atoms with Gasteiger partial charge >= 0.3 is 0 Å². The van der Waals surface area contributed by atoms with Gasteiger partial charge in [0.1, 0.15) is 5.69 Å². The summed E-state index contributed by atoms with van der Waals surface area (Å²) in [7, 11) is 0. The van der Waals surface area contributed by atoms with Gasteiger partial charge in [-0.3, -0.25) is 4.79 Å². The normalized spacial score (nSPS) is 16.1. The molecule has 0 spiro atoms. The zero-order valence-corrected chi connectivity index (χ0v) is 16.0. The van der Waals surface area contributed by atoms with Crippen LogP contribution in [0.5, 0.6) is 0 Å². The fourth-order valence-electron chi connectivity index (χ4n) is 3.87. The van der Waals surface area contributed by atoms with E-state index in [2.05, 4.69) is 41.9 Å². The number of carbonyl (C=O) groups is 1. The Hall–Kier alpha value is -3.55. The molecule has 1 fully saturated rings. The van der Waals surface area contributed by atoms with Crippen molar-refractivity contribution in [3.8, 4) is 0 Å². The molecule has 5 rings (SSSR count). The molecule has 1 aromatic carbocycles. The number of amides is 1. The highest BCUT2D eigenvalue weighted by atomic mass is 16.2. The maximum absolute atomic E-state index is 13.0. The molecule has 4 heterocycles. The summed E-state index contributed by atoms with van der Waals surface area (Å²) in [6.07, 6.45) is 6.10. The predicted molar refractivity (Wildman–Crippen MR) is 109 cm³/mol. The Kier molecular flexibility index (Phi) is 4.51. The van der Waals surface area contributed by atoms with E-state index in [1.54, 1.807) is 30.7 Å². The standard InChI is InChI=1S/C21H21N7O/c29-19(26-12-14-27(15-13-26)20-22-8-3-9-23-20)17-6-10-24-21(25-17)28-11-7-16-4-1-2-5-18(16)28/h1-6,8-10H,7,11-15H2. The van der Waals surface area contributed by atoms with Crippen LogP contribution in [0, 0.1) is 0 Å². The maximum atomic E-state index is 13.0. The molecule has 8 heteroatoms. The van der Waals surface area contributed by atoms with Gasteiger partial charge in [0, 0.05) is 57.0 Å². The van der Waals surface area contributed by atoms with Gasteiger partial charge in [0.2, 0.25) is 11.9 Å². The number of fused-ring (bicyclic) bond motifs is 1. The van der Waals surface area contributed by atoms with Crippen LogP contribution in [0.2, 0.25) is 0 Å². The van der Waals surface area contributed by atoms with Gasteiger partial charge < -0.3 is 14.7 Å². The molecule has 2 aliphatic rings. The highest BCUT2D eigenvalue weighted by molar-refractivity contribution is 5.92. The lowest BCUT2D eigenvalue weighted by atomic mass is 10.2. The van der Waals surface area contributed by atoms with Crippen LogP contribution in [0.25, 0.3) is 0 Å². The summed E-state index contributed by atoms with van der Waals surface area (Å²) >= 11 is 0. The highest BCUT2D eigenvalue weighted by Gasteiger charge is 2.26. The Morgan fingerprint density at radius 3 is 2.38 bits per heavy atom. The zero-order valence-electron chi connectivity index (χ0n) is 16.0. The van der Waals surface area contributed by atoms with Crippen molar-refractivity contribution in [2.45, 2.75) is 6.42 Å². The second kappa shape index (κ2) is 7.46. The first-order chi connectivity index (χ1) is 14.3. The van der Waals surface area contributed by atoms with Crippen molar-refractivity contribution in [1.82, 2.24) is 24.8 Å². The quantitative estimate of drug-likeness (QED) is 0.679. The van der Waals surface area contributed by atoms with Gasteiger partial charge in [-0.2, -0.15) is 0 Å². The van der Waals surface area contributed by atoms with Crippen molar-refractivity contribution in [3.63, 3.8) is 0 Å². The van der Waals surface area contributed by atoms with Gasteiger partial charge in [0.25, 0.3) is 5.91 Å². The molecular weight excluding hydrogens is 366 g/mol. The van der Waals surface area contributed by atoms with E-state index in [9.17, 15) is 4.79 Å². The van der Waals surface area contributed by atoms with Crippen LogP contribution in [-0.2, 0) is 6.42 Å². The molecule has 0 N–H and O–H groups in total. The molecule has 0 bridgehead atoms. The molecule has 0 atom stereocenters. The third kappa shape index (κ3) is 3.37. The summed E-state index contributed by atoms with van der Waals surface area (Å²) in [4.78, 5) is 36.6. The van der Waals surface area contributed by atoms with Crippen LogP contribution in [-0.4, -0.2) is 63.5 Å². The largest absolute Gasteiger partial charge is 0.337 e. The second-order valence-electron chi connectivity index (χ2n) is 7.10. The van der Waals surface area contributed by atoms with Crippen molar-refractivity contribution in [1.29, 1.82) is 0 Å². The van der Waals surface area contributed by atoms with Crippen LogP contribution in [0.3, 0.4) is 0 Å². The van der Waals surface area contributed by atoms with Crippen LogP contribution >= 0.6 is 0 Å². The van der Waals surface area contributed by atoms with Crippen molar-refractivity contribution in [3.05, 3.63) is 66.2 Å². The molecule has 1 saturated heterocycles. The molecule has 0 unspecified atom stereocenters. The summed E-state index contributed by atoms with van der Waals surface area (Å²) in [6.45, 7) is 3.46. The van der Waals surface area contributed by atoms with Crippen LogP contribution in [0.4, 0.5) is 17.6 Å². The first-order valence-electron chi connectivity index (χ1n) is 9.79. The van der Waals surface area contributed by atoms with E-state index in [4.69, 9.17) is 0 Å². The van der Waals surface area contributed by atoms with E-state index in [0.29, 0.717) is 43.8 Å². The molecule has 1 amide bonds. The SMILES string of the molecule is O=C(c1ccnc(N2CCc3ccccc32)n1)N1CCN(c2ncccn2)CC1. The average molecular weight is 387 g/mol. The van der Waals surface area contributed by atoms with Gasteiger partial charge in [-0.25, -0.2) is 19.9 Å². The van der Waals surface area contributed by atoms with Gasteiger partial charge in [0.05, 0.1) is 0 Å². The van der Waals surface area contributed by atoms with E-state index in [0.717, 1.165) is 18.7 Å². The minimum absolute atomic E-state index is 0.0604. The van der Waals surface area contributed by atoms with Crippen molar-refractivity contribution < 1.29 is 4.79 Å². The van der Waals surface area contributed by atoms with Gasteiger partial charge in [-0.05, 0) is 30.2 Å². The minimum atomic E-state index is -0.0604. The fourth-order valence-corrected chi connectivity index (χ4v) is 3.87. The Morgan fingerprint density at radius 2 is 1.55 bits per heavy atom. The van der Waals surface area contributed by atoms with E-state index in [-0.39, 0.29) is 5.91 Å². The summed E-state index contributed by atoms with van der Waals surface area (Å²) in [6, 6.07) is 11.8. The first-order valence-corrected chi connectivity index (χ1v) is 9.79. The van der Waals surface area contributed by atoms with E-state index < -0.39 is 0 Å². The number of para-hydroxylation sites is 1. The van der Waals surface area contributed by atoms with E-state index in [1.807, 2.05) is 17.0 Å². The minimum Gasteiger partial charge on any atom is -0.337 e. The number of hydrogen-bond donors (Lipinski definition) is 0. The third-order valence-electron chi connectivity index (χ3n) is 5.39. The summed E-state index contributed by atoms with van der Waals surface area (Å²) in [5, 5.41) is 0. The van der Waals surface area contributed by atoms with Gasteiger partial charge in [-0.15, -0.1) is 0 Å². The lowest BCUT2D eigenvalue weighted by molar-refractivity contribution is 0.0740. The lowest BCUT2D eigenvalue weighted by Gasteiger charge is -2.34. The number of aromatic nitrogens is 4. The summed E-state index contributed by atoms with van der Waals surface area (Å²) in [5.41, 5.74) is 2.84. The van der Waals surface area contributed by atoms with E-state index in [1.165, 1.54) is 5.56 Å². The molecule has 0 aliphatic carbocycles. The predicted octanol–water partition coefficient (Wildman–Crippen LogP) is 1.92. The fraction of sp³-hybridized carbons (Fsp3) is 0.286. The summed E-state index contributed by atoms with van der Waals surface area (Å²) < 4.78 is 0. The molecule has 2 aromatic heterocycles. The monoisotopic (exact) mass is 387 g/mol. The van der Waals surface area contributed by atoms with Crippen molar-refractivity contribution in [2.24, 2.45) is 0 Å². The molecule has 146 valence electrons. The molecule has 3 aromatic rings. The van der Waals surface area contributed by atoms with E-state index >= 15 is 0 Å². The summed E-state index contributed by atoms with van der Waals surface area (Å²) in [5.74, 6) is 1.23. The number of piperazine rings is 1. The number of rotatable bonds is 3. The smallest absolute Gasteiger partial charge is 0.272 e. The van der Waals surface area contributed by atoms with Crippen molar-refractivity contribution >= 4 is 23.5 Å². The number of benzene rings is 1. The lowest BCUT2D eigenvalue weighted by Crippen LogP contribution is -2.49. The molecular formula is C21H21N7O. The number of nitrogens with zero attached hydrogens (tertiary/aromatic N) is 7. The maximum Gasteiger partial charge on any atom is 0.272 e. The van der Waals surface area contributed by atoms with Crippen molar-refractivity contribution in [2.75, 3.05) is 42.5 Å². The third-order valence-corrected chi connectivity index (χ3v) is 5.39. The Bertz CT molecular complexity index is 1020. The number of carbonyl (C=O) groups excluding carboxylic acids is 1. The number of anilines is 3. The molecule has 8 nitrogen and oxygen atoms in total. The molecule has 29 heavy (non-hydrogen) atoms. The highest BCUT2D eigenvalue weighted by Crippen LogP contribution is 2.32. The number of hydrogen-bond acceptors (Lipinski definition) is 7. The zero-order chi connectivity index (χ0) is 19.6. The van der Waals surface area contributed by atoms with Crippen LogP contribution in [0.15, 0.2) is 55.0 Å². The molecule has 2 aliphatic heterocycles. The molecule has 0 saturated carbocycles. The van der Waals surface area contributed by atoms with Crippen LogP contribution < -0.4 is 9.80 Å². The Labute approximate surface area is 168 Å². The topological polar surface area (TPSA) is 78.4 Å². The molecule has 0 radical (unpaired) electrons. The Morgan fingerprint density at radius 1 is 0.793 bits per heavy atom.